The molecule has 5 nitrogen and oxygen atoms in total. The molecule has 1 N–H and O–H groups in total. The Labute approximate surface area is 156 Å². The summed E-state index contributed by atoms with van der Waals surface area (Å²) in [5, 5.41) is 2.80. The molecule has 0 aliphatic heterocycles. The van der Waals surface area contributed by atoms with Crippen molar-refractivity contribution in [3.8, 4) is 0 Å². The van der Waals surface area contributed by atoms with Crippen LogP contribution >= 0.6 is 0 Å². The smallest absolute Gasteiger partial charge is 0.241 e. The van der Waals surface area contributed by atoms with Crippen molar-refractivity contribution in [3.05, 3.63) is 64.2 Å². The first kappa shape index (κ1) is 20.0. The number of hydrogen-bond acceptors (Lipinski definition) is 3. The largest absolute Gasteiger partial charge is 0.350 e. The van der Waals surface area contributed by atoms with Gasteiger partial charge in [0, 0.05) is 6.54 Å². The van der Waals surface area contributed by atoms with Crippen LogP contribution in [0.4, 0.5) is 5.69 Å². The predicted octanol–water partition coefficient (Wildman–Crippen LogP) is 3.00. The summed E-state index contributed by atoms with van der Waals surface area (Å²) in [5.74, 6) is -0.337. The number of carbonyl (C=O) groups excluding carboxylic acids is 1. The molecule has 0 fully saturated rings. The van der Waals surface area contributed by atoms with Gasteiger partial charge in [-0.2, -0.15) is 0 Å². The van der Waals surface area contributed by atoms with Gasteiger partial charge in [0.05, 0.1) is 11.9 Å². The number of nitrogens with zero attached hydrogens (tertiary/aromatic N) is 1. The molecule has 0 spiro atoms. The van der Waals surface area contributed by atoms with Crippen LogP contribution in [0.3, 0.4) is 0 Å². The van der Waals surface area contributed by atoms with E-state index in [1.807, 2.05) is 64.1 Å². The second kappa shape index (κ2) is 7.91. The van der Waals surface area contributed by atoms with E-state index in [1.165, 1.54) is 4.31 Å². The van der Waals surface area contributed by atoms with Crippen LogP contribution in [0.2, 0.25) is 0 Å². The van der Waals surface area contributed by atoms with Crippen molar-refractivity contribution < 1.29 is 13.2 Å². The van der Waals surface area contributed by atoms with Crippen LogP contribution in [-0.2, 0) is 21.4 Å². The van der Waals surface area contributed by atoms with E-state index in [0.29, 0.717) is 12.2 Å². The van der Waals surface area contributed by atoms with Gasteiger partial charge < -0.3 is 5.32 Å². The Morgan fingerprint density at radius 3 is 2.15 bits per heavy atom. The molecule has 140 valence electrons. The van der Waals surface area contributed by atoms with Crippen LogP contribution in [0.25, 0.3) is 0 Å². The summed E-state index contributed by atoms with van der Waals surface area (Å²) < 4.78 is 25.8. The monoisotopic (exact) mass is 374 g/mol. The SMILES string of the molecule is Cc1cccc(CNC(=O)CN(c2c(C)cc(C)cc2C)S(C)(=O)=O)c1. The molecule has 0 atom stereocenters. The first-order valence-corrected chi connectivity index (χ1v) is 10.3. The van der Waals surface area contributed by atoms with Gasteiger partial charge in [0.1, 0.15) is 6.54 Å². The summed E-state index contributed by atoms with van der Waals surface area (Å²) in [6.45, 7) is 7.79. The fourth-order valence-corrected chi connectivity index (χ4v) is 4.11. The Hall–Kier alpha value is -2.34. The molecule has 0 aliphatic rings. The third kappa shape index (κ3) is 5.08. The number of rotatable bonds is 6. The summed E-state index contributed by atoms with van der Waals surface area (Å²) in [4.78, 5) is 12.4. The fraction of sp³-hybridized carbons (Fsp3) is 0.350. The van der Waals surface area contributed by atoms with Crippen LogP contribution in [0.5, 0.6) is 0 Å². The maximum absolute atomic E-state index is 12.4. The van der Waals surface area contributed by atoms with E-state index < -0.39 is 10.0 Å². The molecular weight excluding hydrogens is 348 g/mol. The zero-order valence-corrected chi connectivity index (χ0v) is 16.8. The van der Waals surface area contributed by atoms with Gasteiger partial charge >= 0.3 is 0 Å². The summed E-state index contributed by atoms with van der Waals surface area (Å²) in [6.07, 6.45) is 1.12. The van der Waals surface area contributed by atoms with Crippen LogP contribution < -0.4 is 9.62 Å². The van der Waals surface area contributed by atoms with Crippen molar-refractivity contribution in [2.24, 2.45) is 0 Å². The molecule has 2 rings (SSSR count). The molecule has 0 unspecified atom stereocenters. The number of benzene rings is 2. The van der Waals surface area contributed by atoms with Crippen LogP contribution in [0, 0.1) is 27.7 Å². The van der Waals surface area contributed by atoms with Gasteiger partial charge in [0.15, 0.2) is 0 Å². The van der Waals surface area contributed by atoms with Crippen LogP contribution in [0.1, 0.15) is 27.8 Å². The highest BCUT2D eigenvalue weighted by atomic mass is 32.2. The summed E-state index contributed by atoms with van der Waals surface area (Å²) >= 11 is 0. The zero-order valence-electron chi connectivity index (χ0n) is 16.0. The Morgan fingerprint density at radius 1 is 1.00 bits per heavy atom. The van der Waals surface area contributed by atoms with E-state index in [0.717, 1.165) is 34.1 Å². The molecule has 0 saturated carbocycles. The van der Waals surface area contributed by atoms with E-state index in [1.54, 1.807) is 0 Å². The van der Waals surface area contributed by atoms with Gasteiger partial charge in [0.2, 0.25) is 15.9 Å². The number of amides is 1. The van der Waals surface area contributed by atoms with Gasteiger partial charge in [-0.25, -0.2) is 8.42 Å². The Morgan fingerprint density at radius 2 is 1.62 bits per heavy atom. The maximum atomic E-state index is 12.4. The van der Waals surface area contributed by atoms with E-state index in [9.17, 15) is 13.2 Å². The topological polar surface area (TPSA) is 66.5 Å². The molecular formula is C20H26N2O3S. The van der Waals surface area contributed by atoms with Crippen molar-refractivity contribution in [3.63, 3.8) is 0 Å². The molecule has 1 amide bonds. The van der Waals surface area contributed by atoms with Crippen molar-refractivity contribution in [1.29, 1.82) is 0 Å². The lowest BCUT2D eigenvalue weighted by Crippen LogP contribution is -2.40. The summed E-state index contributed by atoms with van der Waals surface area (Å²) in [7, 11) is -3.59. The third-order valence-electron chi connectivity index (χ3n) is 4.14. The average Bonchev–Trinajstić information content (AvgIpc) is 2.50. The minimum Gasteiger partial charge on any atom is -0.350 e. The minimum absolute atomic E-state index is 0.241. The number of hydrogen-bond donors (Lipinski definition) is 1. The Kier molecular flexibility index (Phi) is 6.08. The minimum atomic E-state index is -3.59. The quantitative estimate of drug-likeness (QED) is 0.845. The molecule has 0 bridgehead atoms. The molecule has 26 heavy (non-hydrogen) atoms. The highest BCUT2D eigenvalue weighted by Crippen LogP contribution is 2.28. The number of anilines is 1. The lowest BCUT2D eigenvalue weighted by atomic mass is 10.1. The highest BCUT2D eigenvalue weighted by molar-refractivity contribution is 7.92. The molecule has 2 aromatic carbocycles. The van der Waals surface area contributed by atoms with E-state index in [4.69, 9.17) is 0 Å². The lowest BCUT2D eigenvalue weighted by Gasteiger charge is -2.26. The lowest BCUT2D eigenvalue weighted by molar-refractivity contribution is -0.119. The van der Waals surface area contributed by atoms with Gasteiger partial charge in [-0.05, 0) is 44.4 Å². The first-order valence-electron chi connectivity index (χ1n) is 8.45. The number of carbonyl (C=O) groups is 1. The summed E-state index contributed by atoms with van der Waals surface area (Å²) in [5.41, 5.74) is 5.39. The summed E-state index contributed by atoms with van der Waals surface area (Å²) in [6, 6.07) is 11.7. The second-order valence-corrected chi connectivity index (χ2v) is 8.69. The van der Waals surface area contributed by atoms with Crippen molar-refractivity contribution in [2.75, 3.05) is 17.1 Å². The van der Waals surface area contributed by atoms with Gasteiger partial charge in [-0.3, -0.25) is 9.10 Å². The molecule has 0 aliphatic carbocycles. The van der Waals surface area contributed by atoms with Gasteiger partial charge in [0.25, 0.3) is 0 Å². The second-order valence-electron chi connectivity index (χ2n) is 6.78. The predicted molar refractivity (Wildman–Crippen MR) is 106 cm³/mol. The van der Waals surface area contributed by atoms with Crippen LogP contribution in [0.15, 0.2) is 36.4 Å². The number of nitrogens with one attached hydrogen (secondary N) is 1. The Bertz CT molecular complexity index is 897. The number of sulfonamides is 1. The maximum Gasteiger partial charge on any atom is 0.241 e. The first-order chi connectivity index (χ1) is 12.1. The molecule has 2 aromatic rings. The molecule has 0 aromatic heterocycles. The van der Waals surface area contributed by atoms with Crippen molar-refractivity contribution >= 4 is 21.6 Å². The molecule has 0 radical (unpaired) electrons. The van der Waals surface area contributed by atoms with Crippen LogP contribution in [-0.4, -0.2) is 27.1 Å². The van der Waals surface area contributed by atoms with Gasteiger partial charge in [-0.15, -0.1) is 0 Å². The van der Waals surface area contributed by atoms with E-state index >= 15 is 0 Å². The zero-order chi connectivity index (χ0) is 19.5. The number of aryl methyl sites for hydroxylation is 4. The molecule has 0 heterocycles. The van der Waals surface area contributed by atoms with E-state index in [2.05, 4.69) is 5.32 Å². The van der Waals surface area contributed by atoms with Gasteiger partial charge in [-0.1, -0.05) is 47.5 Å². The van der Waals surface area contributed by atoms with Crippen molar-refractivity contribution in [2.45, 2.75) is 34.2 Å². The molecule has 0 saturated heterocycles. The highest BCUT2D eigenvalue weighted by Gasteiger charge is 2.24. The fourth-order valence-electron chi connectivity index (χ4n) is 3.14. The molecule has 6 heteroatoms. The third-order valence-corrected chi connectivity index (χ3v) is 5.26. The normalized spacial score (nSPS) is 11.3. The Balaban J connectivity index is 2.20. The van der Waals surface area contributed by atoms with E-state index in [-0.39, 0.29) is 12.5 Å². The van der Waals surface area contributed by atoms with Crippen molar-refractivity contribution in [1.82, 2.24) is 5.32 Å². The standard InChI is InChI=1S/C20H26N2O3S/c1-14-7-6-8-18(11-14)12-21-19(23)13-22(26(5,24)25)20-16(3)9-15(2)10-17(20)4/h6-11H,12-13H2,1-5H3,(H,21,23). The average molecular weight is 375 g/mol.